The number of halogens is 1. The van der Waals surface area contributed by atoms with Gasteiger partial charge in [0.2, 0.25) is 0 Å². The number of methoxy groups -OCH3 is 1. The molecule has 1 fully saturated rings. The summed E-state index contributed by atoms with van der Waals surface area (Å²) >= 11 is 0. The molecule has 1 aliphatic carbocycles. The standard InChI is InChI=1S/C25H35N3O3.ClH/c1-25(2,3)21-14-20(31-4)15-22(23(21)29)27-24(30)28(16-17-8-6-5-7-9-17)19-12-10-18(26)11-13-19;/h5-9,14-15,18-19,29H,10-13,16,26H2,1-4H3,(H,27,30);1H. The molecule has 1 aliphatic rings. The van der Waals surface area contributed by atoms with E-state index < -0.39 is 0 Å². The second-order valence-electron chi connectivity index (χ2n) is 9.43. The summed E-state index contributed by atoms with van der Waals surface area (Å²) < 4.78 is 5.42. The molecule has 3 rings (SSSR count). The fraction of sp³-hybridized carbons (Fsp3) is 0.480. The average molecular weight is 462 g/mol. The van der Waals surface area contributed by atoms with Crippen LogP contribution in [0.15, 0.2) is 42.5 Å². The molecule has 0 saturated heterocycles. The highest BCUT2D eigenvalue weighted by Crippen LogP contribution is 2.40. The first-order valence-corrected chi connectivity index (χ1v) is 11.0. The van der Waals surface area contributed by atoms with Gasteiger partial charge in [-0.25, -0.2) is 4.79 Å². The number of rotatable bonds is 5. The predicted octanol–water partition coefficient (Wildman–Crippen LogP) is 5.42. The number of amides is 2. The molecular formula is C25H36ClN3O3. The van der Waals surface area contributed by atoms with Crippen molar-refractivity contribution in [2.24, 2.45) is 5.73 Å². The molecule has 0 radical (unpaired) electrons. The maximum atomic E-state index is 13.4. The van der Waals surface area contributed by atoms with Crippen molar-refractivity contribution in [3.05, 3.63) is 53.6 Å². The number of anilines is 1. The van der Waals surface area contributed by atoms with E-state index in [2.05, 4.69) is 5.32 Å². The highest BCUT2D eigenvalue weighted by molar-refractivity contribution is 5.92. The van der Waals surface area contributed by atoms with Gasteiger partial charge >= 0.3 is 6.03 Å². The van der Waals surface area contributed by atoms with Crippen LogP contribution in [0.2, 0.25) is 0 Å². The lowest BCUT2D eigenvalue weighted by molar-refractivity contribution is 0.158. The number of nitrogens with zero attached hydrogens (tertiary/aromatic N) is 1. The van der Waals surface area contributed by atoms with Gasteiger partial charge in [0.1, 0.15) is 11.5 Å². The molecule has 6 nitrogen and oxygen atoms in total. The monoisotopic (exact) mass is 461 g/mol. The Balaban J connectivity index is 0.00000363. The molecule has 0 aliphatic heterocycles. The minimum Gasteiger partial charge on any atom is -0.505 e. The molecule has 176 valence electrons. The summed E-state index contributed by atoms with van der Waals surface area (Å²) in [6.07, 6.45) is 3.56. The van der Waals surface area contributed by atoms with Gasteiger partial charge < -0.3 is 25.8 Å². The molecule has 2 amide bonds. The minimum absolute atomic E-state index is 0. The zero-order valence-corrected chi connectivity index (χ0v) is 20.2. The Labute approximate surface area is 197 Å². The SMILES string of the molecule is COc1cc(NC(=O)N(Cc2ccccc2)C2CCC(N)CC2)c(O)c(C(C)(C)C)c1.Cl. The van der Waals surface area contributed by atoms with Gasteiger partial charge in [0.15, 0.2) is 0 Å². The van der Waals surface area contributed by atoms with Crippen LogP contribution in [0.1, 0.15) is 57.6 Å². The summed E-state index contributed by atoms with van der Waals surface area (Å²) in [4.78, 5) is 15.3. The number of phenolic OH excluding ortho intramolecular Hbond substituents is 1. The molecule has 0 bridgehead atoms. The normalized spacial score (nSPS) is 18.4. The van der Waals surface area contributed by atoms with Crippen LogP contribution in [0.25, 0.3) is 0 Å². The average Bonchev–Trinajstić information content (AvgIpc) is 2.74. The molecular weight excluding hydrogens is 426 g/mol. The number of urea groups is 1. The van der Waals surface area contributed by atoms with E-state index in [0.717, 1.165) is 36.8 Å². The fourth-order valence-corrected chi connectivity index (χ4v) is 4.14. The van der Waals surface area contributed by atoms with E-state index in [4.69, 9.17) is 10.5 Å². The highest BCUT2D eigenvalue weighted by Gasteiger charge is 2.29. The maximum Gasteiger partial charge on any atom is 0.322 e. The molecule has 0 aromatic heterocycles. The van der Waals surface area contributed by atoms with Crippen LogP contribution in [-0.2, 0) is 12.0 Å². The third-order valence-corrected chi connectivity index (χ3v) is 6.01. The Hall–Kier alpha value is -2.44. The van der Waals surface area contributed by atoms with E-state index in [9.17, 15) is 9.90 Å². The van der Waals surface area contributed by atoms with Crippen LogP contribution in [-0.4, -0.2) is 35.2 Å². The summed E-state index contributed by atoms with van der Waals surface area (Å²) in [7, 11) is 1.58. The lowest BCUT2D eigenvalue weighted by Gasteiger charge is -2.36. The van der Waals surface area contributed by atoms with Gasteiger partial charge in [0.05, 0.1) is 12.8 Å². The summed E-state index contributed by atoms with van der Waals surface area (Å²) in [5.41, 5.74) is 7.94. The third kappa shape index (κ3) is 6.30. The highest BCUT2D eigenvalue weighted by atomic mass is 35.5. The number of hydrogen-bond acceptors (Lipinski definition) is 4. The number of hydrogen-bond donors (Lipinski definition) is 3. The third-order valence-electron chi connectivity index (χ3n) is 6.01. The number of nitrogens with two attached hydrogens (primary N) is 1. The van der Waals surface area contributed by atoms with E-state index in [0.29, 0.717) is 18.0 Å². The largest absolute Gasteiger partial charge is 0.505 e. The van der Waals surface area contributed by atoms with Gasteiger partial charge in [-0.15, -0.1) is 12.4 Å². The van der Waals surface area contributed by atoms with E-state index >= 15 is 0 Å². The summed E-state index contributed by atoms with van der Waals surface area (Å²) in [6.45, 7) is 6.55. The number of carbonyl (C=O) groups is 1. The van der Waals surface area contributed by atoms with Gasteiger partial charge in [0.25, 0.3) is 0 Å². The molecule has 0 unspecified atom stereocenters. The van der Waals surface area contributed by atoms with Gasteiger partial charge in [-0.3, -0.25) is 0 Å². The maximum absolute atomic E-state index is 13.4. The number of nitrogens with one attached hydrogen (secondary N) is 1. The zero-order valence-electron chi connectivity index (χ0n) is 19.4. The van der Waals surface area contributed by atoms with Crippen molar-refractivity contribution < 1.29 is 14.6 Å². The molecule has 0 atom stereocenters. The van der Waals surface area contributed by atoms with Crippen LogP contribution in [0.4, 0.5) is 10.5 Å². The first-order valence-electron chi connectivity index (χ1n) is 11.0. The number of aromatic hydroxyl groups is 1. The molecule has 1 saturated carbocycles. The molecule has 0 spiro atoms. The second-order valence-corrected chi connectivity index (χ2v) is 9.43. The smallest absolute Gasteiger partial charge is 0.322 e. The van der Waals surface area contributed by atoms with Crippen molar-refractivity contribution in [1.29, 1.82) is 0 Å². The predicted molar refractivity (Wildman–Crippen MR) is 132 cm³/mol. The van der Waals surface area contributed by atoms with Crippen LogP contribution in [0.5, 0.6) is 11.5 Å². The first-order chi connectivity index (χ1) is 14.7. The van der Waals surface area contributed by atoms with Crippen molar-refractivity contribution in [3.8, 4) is 11.5 Å². The number of benzene rings is 2. The quantitative estimate of drug-likeness (QED) is 0.518. The van der Waals surface area contributed by atoms with Crippen LogP contribution < -0.4 is 15.8 Å². The minimum atomic E-state index is -0.304. The Morgan fingerprint density at radius 3 is 2.34 bits per heavy atom. The lowest BCUT2D eigenvalue weighted by Crippen LogP contribution is -2.45. The molecule has 2 aromatic rings. The van der Waals surface area contributed by atoms with E-state index in [1.54, 1.807) is 13.2 Å². The van der Waals surface area contributed by atoms with Crippen molar-refractivity contribution in [2.45, 2.75) is 70.5 Å². The van der Waals surface area contributed by atoms with Crippen LogP contribution in [0, 0.1) is 0 Å². The van der Waals surface area contributed by atoms with Gasteiger partial charge in [-0.1, -0.05) is 51.1 Å². The Morgan fingerprint density at radius 1 is 1.16 bits per heavy atom. The number of carbonyl (C=O) groups excluding carboxylic acids is 1. The van der Waals surface area contributed by atoms with Crippen molar-refractivity contribution in [3.63, 3.8) is 0 Å². The summed E-state index contributed by atoms with van der Waals surface area (Å²) in [5.74, 6) is 0.670. The fourth-order valence-electron chi connectivity index (χ4n) is 4.14. The van der Waals surface area contributed by atoms with E-state index in [-0.39, 0.29) is 41.7 Å². The number of ether oxygens (including phenoxy) is 1. The number of phenols is 1. The molecule has 32 heavy (non-hydrogen) atoms. The van der Waals surface area contributed by atoms with Crippen LogP contribution in [0.3, 0.4) is 0 Å². The van der Waals surface area contributed by atoms with E-state index in [1.807, 2.05) is 62.1 Å². The Kier molecular flexibility index (Phi) is 8.81. The zero-order chi connectivity index (χ0) is 22.6. The van der Waals surface area contributed by atoms with E-state index in [1.165, 1.54) is 0 Å². The van der Waals surface area contributed by atoms with Crippen molar-refractivity contribution in [2.75, 3.05) is 12.4 Å². The van der Waals surface area contributed by atoms with Gasteiger partial charge in [-0.05, 0) is 42.7 Å². The van der Waals surface area contributed by atoms with Gasteiger partial charge in [-0.2, -0.15) is 0 Å². The second kappa shape index (κ2) is 10.9. The first kappa shape index (κ1) is 25.8. The molecule has 2 aromatic carbocycles. The molecule has 4 N–H and O–H groups in total. The topological polar surface area (TPSA) is 87.8 Å². The summed E-state index contributed by atoms with van der Waals surface area (Å²) in [6, 6.07) is 13.5. The van der Waals surface area contributed by atoms with Gasteiger partial charge in [0, 0.05) is 30.3 Å². The lowest BCUT2D eigenvalue weighted by atomic mass is 9.85. The summed E-state index contributed by atoms with van der Waals surface area (Å²) in [5, 5.41) is 13.9. The Morgan fingerprint density at radius 2 is 1.78 bits per heavy atom. The van der Waals surface area contributed by atoms with Crippen molar-refractivity contribution in [1.82, 2.24) is 4.90 Å². The molecule has 7 heteroatoms. The Bertz CT molecular complexity index is 891. The van der Waals surface area contributed by atoms with Crippen molar-refractivity contribution >= 4 is 24.1 Å². The van der Waals surface area contributed by atoms with Crippen LogP contribution >= 0.6 is 12.4 Å². The molecule has 0 heterocycles.